The molecule has 0 unspecified atom stereocenters. The minimum absolute atomic E-state index is 0.113. The second-order valence-corrected chi connectivity index (χ2v) is 21.4. The van der Waals surface area contributed by atoms with E-state index in [9.17, 15) is 5.41 Å². The zero-order chi connectivity index (χ0) is 50.3. The molecule has 0 bridgehead atoms. The molecule has 0 saturated carbocycles. The summed E-state index contributed by atoms with van der Waals surface area (Å²) < 4.78 is 9.70. The minimum atomic E-state index is 0.113. The maximum atomic E-state index is 10.1. The van der Waals surface area contributed by atoms with E-state index in [4.69, 9.17) is 9.98 Å². The van der Waals surface area contributed by atoms with Crippen molar-refractivity contribution in [1.82, 2.24) is 9.13 Å². The Hall–Kier alpha value is -9.53. The molecule has 15 rings (SSSR count). The Morgan fingerprint density at radius 3 is 1.46 bits per heavy atom. The van der Waals surface area contributed by atoms with Gasteiger partial charge in [-0.25, -0.2) is 9.98 Å². The third kappa shape index (κ3) is 7.16. The summed E-state index contributed by atoms with van der Waals surface area (Å²) in [6.45, 7) is 0. The van der Waals surface area contributed by atoms with Gasteiger partial charge in [-0.3, -0.25) is 5.41 Å². The standard InChI is InChI=1S/C69H43N5S2/c70-68(72-69(46-33-35-52-50-25-13-17-31-62(50)76-64(52)41-46)71-42-43-32-34-51-49-24-12-16-30-61(49)75-63(51)38-43)47-39-55(44-18-4-1-5-19-44)67(56(40-47)45-20-6-2-7-21-45)74-58-29-15-11-27-54(58)66-60(74)37-36-59-65(66)53-26-10-14-28-57(53)73(59)48-22-8-3-9-23-48/h1-42,70H. The molecule has 1 N–H and O–H groups in total. The number of nitrogens with zero attached hydrogens (tertiary/aromatic N) is 4. The fourth-order valence-corrected chi connectivity index (χ4v) is 13.8. The van der Waals surface area contributed by atoms with Crippen molar-refractivity contribution in [3.05, 3.63) is 265 Å². The van der Waals surface area contributed by atoms with Crippen LogP contribution in [0.3, 0.4) is 0 Å². The van der Waals surface area contributed by atoms with Gasteiger partial charge in [-0.05, 0) is 89.5 Å². The minimum Gasteiger partial charge on any atom is -0.309 e. The highest BCUT2D eigenvalue weighted by atomic mass is 32.1. The molecule has 15 aromatic rings. The molecule has 11 aromatic carbocycles. The molecule has 0 atom stereocenters. The summed E-state index contributed by atoms with van der Waals surface area (Å²) in [4.78, 5) is 10.4. The van der Waals surface area contributed by atoms with E-state index in [0.717, 1.165) is 71.5 Å². The van der Waals surface area contributed by atoms with Crippen molar-refractivity contribution in [2.24, 2.45) is 9.98 Å². The van der Waals surface area contributed by atoms with E-state index in [-0.39, 0.29) is 5.84 Å². The van der Waals surface area contributed by atoms with Crippen LogP contribution in [0.2, 0.25) is 0 Å². The molecule has 0 spiro atoms. The van der Waals surface area contributed by atoms with E-state index in [1.54, 1.807) is 22.7 Å². The molecule has 7 heteroatoms. The van der Waals surface area contributed by atoms with Crippen molar-refractivity contribution in [2.45, 2.75) is 0 Å². The van der Waals surface area contributed by atoms with Crippen molar-refractivity contribution < 1.29 is 0 Å². The van der Waals surface area contributed by atoms with E-state index < -0.39 is 0 Å². The van der Waals surface area contributed by atoms with Gasteiger partial charge in [0.15, 0.2) is 11.7 Å². The lowest BCUT2D eigenvalue weighted by molar-refractivity contribution is 1.17. The Morgan fingerprint density at radius 1 is 0.382 bits per heavy atom. The summed E-state index contributed by atoms with van der Waals surface area (Å²) in [5, 5.41) is 19.8. The van der Waals surface area contributed by atoms with Crippen LogP contribution in [0, 0.1) is 5.41 Å². The van der Waals surface area contributed by atoms with Crippen LogP contribution in [0.25, 0.3) is 118 Å². The van der Waals surface area contributed by atoms with Crippen LogP contribution in [0.1, 0.15) is 16.7 Å². The monoisotopic (exact) mass is 1010 g/mol. The van der Waals surface area contributed by atoms with Crippen molar-refractivity contribution in [2.75, 3.05) is 0 Å². The molecule has 356 valence electrons. The Labute approximate surface area is 445 Å². The first-order valence-corrected chi connectivity index (χ1v) is 27.1. The molecule has 0 saturated heterocycles. The number of aliphatic imine (C=N–C) groups is 2. The van der Waals surface area contributed by atoms with Gasteiger partial charge in [-0.15, -0.1) is 22.7 Å². The van der Waals surface area contributed by atoms with E-state index in [1.165, 1.54) is 57.2 Å². The van der Waals surface area contributed by atoms with Gasteiger partial charge < -0.3 is 9.13 Å². The molecule has 0 radical (unpaired) electrons. The normalized spacial score (nSPS) is 12.3. The number of benzene rings is 11. The molecular weight excluding hydrogens is 963 g/mol. The molecular formula is C69H43N5S2. The summed E-state index contributed by atoms with van der Waals surface area (Å²) in [6.07, 6.45) is 1.90. The predicted octanol–water partition coefficient (Wildman–Crippen LogP) is 18.8. The van der Waals surface area contributed by atoms with Crippen LogP contribution >= 0.6 is 22.7 Å². The van der Waals surface area contributed by atoms with Gasteiger partial charge >= 0.3 is 0 Å². The smallest absolute Gasteiger partial charge is 0.161 e. The number of hydrogen-bond acceptors (Lipinski definition) is 3. The van der Waals surface area contributed by atoms with Gasteiger partial charge in [-0.1, -0.05) is 176 Å². The zero-order valence-electron chi connectivity index (χ0n) is 40.9. The maximum Gasteiger partial charge on any atom is 0.161 e. The van der Waals surface area contributed by atoms with Gasteiger partial charge in [0.2, 0.25) is 0 Å². The second kappa shape index (κ2) is 17.8. The topological polar surface area (TPSA) is 58.4 Å². The van der Waals surface area contributed by atoms with Crippen molar-refractivity contribution in [3.8, 4) is 33.6 Å². The Balaban J connectivity index is 0.960. The maximum absolute atomic E-state index is 10.1. The van der Waals surface area contributed by atoms with E-state index in [0.29, 0.717) is 11.4 Å². The summed E-state index contributed by atoms with van der Waals surface area (Å²) in [6, 6.07) is 88.5. The van der Waals surface area contributed by atoms with Crippen LogP contribution in [0.15, 0.2) is 259 Å². The van der Waals surface area contributed by atoms with Gasteiger partial charge in [0, 0.05) is 96.0 Å². The molecule has 0 fully saturated rings. The first-order valence-electron chi connectivity index (χ1n) is 25.5. The van der Waals surface area contributed by atoms with Gasteiger partial charge in [-0.2, -0.15) is 0 Å². The summed E-state index contributed by atoms with van der Waals surface area (Å²) in [5.41, 5.74) is 13.2. The van der Waals surface area contributed by atoms with E-state index in [1.807, 2.05) is 6.21 Å². The Kier molecular flexibility index (Phi) is 10.3. The molecule has 0 amide bonds. The third-order valence-electron chi connectivity index (χ3n) is 14.9. The number of para-hydroxylation sites is 3. The molecule has 4 aromatic heterocycles. The largest absolute Gasteiger partial charge is 0.309 e. The van der Waals surface area contributed by atoms with Crippen LogP contribution < -0.4 is 0 Å². The van der Waals surface area contributed by atoms with Crippen molar-refractivity contribution >= 4 is 125 Å². The number of hydrogen-bond donors (Lipinski definition) is 1. The average molecular weight is 1010 g/mol. The van der Waals surface area contributed by atoms with Crippen LogP contribution in [-0.2, 0) is 0 Å². The summed E-state index contributed by atoms with van der Waals surface area (Å²) in [5.74, 6) is 0.579. The molecule has 0 aliphatic carbocycles. The zero-order valence-corrected chi connectivity index (χ0v) is 42.5. The number of thiophene rings is 2. The fourth-order valence-electron chi connectivity index (χ4n) is 11.5. The molecule has 76 heavy (non-hydrogen) atoms. The molecule has 0 aliphatic rings. The van der Waals surface area contributed by atoms with E-state index >= 15 is 0 Å². The second-order valence-electron chi connectivity index (χ2n) is 19.3. The number of fused-ring (bicyclic) bond motifs is 13. The fraction of sp³-hybridized carbons (Fsp3) is 0. The molecule has 4 heterocycles. The van der Waals surface area contributed by atoms with Gasteiger partial charge in [0.1, 0.15) is 0 Å². The van der Waals surface area contributed by atoms with Crippen LogP contribution in [-0.4, -0.2) is 27.0 Å². The van der Waals surface area contributed by atoms with E-state index in [2.05, 4.69) is 258 Å². The quantitative estimate of drug-likeness (QED) is 0.122. The average Bonchev–Trinajstić information content (AvgIpc) is 4.40. The number of amidine groups is 2. The summed E-state index contributed by atoms with van der Waals surface area (Å²) >= 11 is 3.56. The van der Waals surface area contributed by atoms with Crippen LogP contribution in [0.4, 0.5) is 0 Å². The number of rotatable bonds is 7. The highest BCUT2D eigenvalue weighted by Crippen LogP contribution is 2.46. The lowest BCUT2D eigenvalue weighted by Crippen LogP contribution is -2.07. The molecule has 5 nitrogen and oxygen atoms in total. The third-order valence-corrected chi connectivity index (χ3v) is 17.1. The Bertz CT molecular complexity index is 4820. The van der Waals surface area contributed by atoms with Crippen molar-refractivity contribution in [3.63, 3.8) is 0 Å². The van der Waals surface area contributed by atoms with Crippen LogP contribution in [0.5, 0.6) is 0 Å². The van der Waals surface area contributed by atoms with Crippen molar-refractivity contribution in [1.29, 1.82) is 5.41 Å². The van der Waals surface area contributed by atoms with Gasteiger partial charge in [0.25, 0.3) is 0 Å². The lowest BCUT2D eigenvalue weighted by atomic mass is 9.92. The first kappa shape index (κ1) is 44.0. The number of nitrogens with one attached hydrogen (secondary N) is 1. The summed E-state index contributed by atoms with van der Waals surface area (Å²) in [7, 11) is 0. The first-order chi connectivity index (χ1) is 37.6. The lowest BCUT2D eigenvalue weighted by Gasteiger charge is -2.21. The predicted molar refractivity (Wildman–Crippen MR) is 326 cm³/mol. The van der Waals surface area contributed by atoms with Gasteiger partial charge in [0.05, 0.1) is 27.8 Å². The molecule has 0 aliphatic heterocycles. The highest BCUT2D eigenvalue weighted by Gasteiger charge is 2.25. The highest BCUT2D eigenvalue weighted by molar-refractivity contribution is 7.26. The SMILES string of the molecule is N=C(N=C(N=Cc1ccc2c(c1)sc1ccccc12)c1ccc2c(c1)sc1ccccc12)c1cc(-c2ccccc2)c(-n2c3ccccc3c3c4c5ccccc5n(-c5ccccc5)c4ccc32)c(-c2ccccc2)c1. The number of aromatic nitrogens is 2. The Morgan fingerprint density at radius 2 is 0.855 bits per heavy atom.